The first-order valence-electron chi connectivity index (χ1n) is 53.9. The van der Waals surface area contributed by atoms with Crippen molar-refractivity contribution in [3.05, 3.63) is 268 Å². The highest BCUT2D eigenvalue weighted by molar-refractivity contribution is 6.01. The van der Waals surface area contributed by atoms with E-state index in [1.165, 1.54) is 65.3 Å². The van der Waals surface area contributed by atoms with E-state index in [4.69, 9.17) is 32.3 Å². The maximum atomic E-state index is 12.1. The maximum absolute atomic E-state index is 12.1. The Bertz CT molecular complexity index is 5550. The van der Waals surface area contributed by atoms with Crippen molar-refractivity contribution in [2.24, 2.45) is 0 Å². The number of nitrogens with zero attached hydrogens (tertiary/aromatic N) is 11. The molecule has 22 nitrogen and oxygen atoms in total. The van der Waals surface area contributed by atoms with Crippen molar-refractivity contribution < 1.29 is 69.8 Å². The number of piperazine rings is 3. The zero-order valence-electron chi connectivity index (χ0n) is 94.8. The van der Waals surface area contributed by atoms with Crippen molar-refractivity contribution in [3.63, 3.8) is 0 Å². The number of methoxy groups -OCH3 is 1. The third-order valence-electron chi connectivity index (χ3n) is 25.0. The Morgan fingerprint density at radius 1 is 0.396 bits per heavy atom. The number of hydroxylamine groups is 2. The molecule has 4 saturated heterocycles. The molecule has 6 aromatic carbocycles. The summed E-state index contributed by atoms with van der Waals surface area (Å²) < 4.78 is 116. The van der Waals surface area contributed by atoms with E-state index < -0.39 is 35.8 Å². The zero-order chi connectivity index (χ0) is 107. The highest BCUT2D eigenvalue weighted by Gasteiger charge is 2.33. The molecule has 0 unspecified atom stereocenters. The van der Waals surface area contributed by atoms with E-state index in [0.29, 0.717) is 124 Å². The highest BCUT2D eigenvalue weighted by atomic mass is 35.5. The molecule has 23 heteroatoms. The smallest absolute Gasteiger partial charge is 0.333 e. The number of carboxylic acid groups (broad SMARTS) is 1. The number of unbranched alkanes of at least 4 members (excludes halogenated alkanes) is 6. The molecule has 0 bridgehead atoms. The number of rotatable bonds is 37. The largest absolute Gasteiger partial charge is 0.481 e. The molecule has 3 aliphatic carbocycles. The van der Waals surface area contributed by atoms with Crippen LogP contribution in [0, 0.1) is 0 Å². The summed E-state index contributed by atoms with van der Waals surface area (Å²) in [6.45, 7) is 22.9. The van der Waals surface area contributed by atoms with Crippen molar-refractivity contribution >= 4 is 92.9 Å². The number of carbonyl (C=O) groups is 5. The van der Waals surface area contributed by atoms with E-state index in [1.54, 1.807) is 111 Å². The number of carbonyl (C=O) groups excluding carboxylic acids is 4. The number of esters is 1. The lowest BCUT2D eigenvalue weighted by molar-refractivity contribution is -0.871. The number of hydrogen-bond donors (Lipinski definition) is 4. The van der Waals surface area contributed by atoms with Gasteiger partial charge in [-0.3, -0.25) is 33.9 Å². The van der Waals surface area contributed by atoms with Gasteiger partial charge in [0.05, 0.1) is 65.8 Å². The van der Waals surface area contributed by atoms with Gasteiger partial charge in [-0.2, -0.15) is 0 Å². The number of aliphatic carboxylic acids is 1. The fourth-order valence-corrected chi connectivity index (χ4v) is 16.7. The van der Waals surface area contributed by atoms with Gasteiger partial charge in [0.2, 0.25) is 0 Å². The zero-order valence-corrected chi connectivity index (χ0v) is 82.6. The number of carboxylic acids is 1. The van der Waals surface area contributed by atoms with Gasteiger partial charge in [-0.15, -0.1) is 17.4 Å². The van der Waals surface area contributed by atoms with Crippen LogP contribution in [0.15, 0.2) is 235 Å². The van der Waals surface area contributed by atoms with Crippen LogP contribution in [0.4, 0.5) is 34.1 Å². The number of amides is 2. The van der Waals surface area contributed by atoms with E-state index in [2.05, 4.69) is 173 Å². The summed E-state index contributed by atoms with van der Waals surface area (Å²) in [5.41, 5.74) is 14.1. The minimum Gasteiger partial charge on any atom is -0.481 e. The molecule has 726 valence electrons. The van der Waals surface area contributed by atoms with Crippen molar-refractivity contribution in [1.82, 2.24) is 24.7 Å². The second-order valence-corrected chi connectivity index (χ2v) is 35.9. The Morgan fingerprint density at radius 3 is 1.01 bits per heavy atom. The van der Waals surface area contributed by atoms with Crippen LogP contribution < -0.4 is 44.1 Å². The summed E-state index contributed by atoms with van der Waals surface area (Å²) in [6, 6.07) is 33.7. The Labute approximate surface area is 827 Å². The lowest BCUT2D eigenvalue weighted by Crippen LogP contribution is -3.09. The summed E-state index contributed by atoms with van der Waals surface area (Å²) in [6.07, 6.45) is 25.0. The van der Waals surface area contributed by atoms with Crippen LogP contribution in [0.5, 0.6) is 0 Å². The number of anilines is 6. The van der Waals surface area contributed by atoms with Crippen molar-refractivity contribution in [2.75, 3.05) is 239 Å². The van der Waals surface area contributed by atoms with Gasteiger partial charge in [-0.25, -0.2) is 4.79 Å². The predicted octanol–water partition coefficient (Wildman–Crippen LogP) is 13.9. The Balaban J connectivity index is 0.000000259. The molecule has 0 aromatic heterocycles. The van der Waals surface area contributed by atoms with Gasteiger partial charge in [0.25, 0.3) is 11.8 Å². The minimum absolute atomic E-state index is 0. The number of halogens is 1. The summed E-state index contributed by atoms with van der Waals surface area (Å²) in [5, 5.41) is 9.41. The van der Waals surface area contributed by atoms with Gasteiger partial charge in [-0.05, 0) is 254 Å². The minimum atomic E-state index is -0.757. The van der Waals surface area contributed by atoms with E-state index in [9.17, 15) is 24.0 Å². The molecule has 4 N–H and O–H groups in total. The molecule has 0 saturated carbocycles. The Kier molecular flexibility index (Phi) is 37.6. The fraction of sp³-hybridized carbons (Fsp3) is 0.468. The molecule has 2 amide bonds. The molecule has 4 aliphatic heterocycles. The van der Waals surface area contributed by atoms with Gasteiger partial charge in [-0.1, -0.05) is 157 Å². The first-order valence-corrected chi connectivity index (χ1v) is 47.5. The SMILES string of the molecule is C.CCN(CC)CC.COC(=O)CCCCCN1CCN(c2ccc(C(=C3C=CC([NH+](C)C)C=C3)c3ccc(N(C)C)cc3)cc2)CC1.[2H]C1=CC(=C(c2cc([2H])c(N(C)C)c([2H])c2)c2cc([2H])c(N3CCN(CCCCCC(=O)O)CC3)c([2H])c2)C=C([2H])C1[NH+](C)C.[2H]C1=CC(=C(c2cc([2H])c(N(C)C)c([2H])c2)c2cc([2H])c(N3CCN(CCCCCC(=O)ON4C(=O)CCC4=O)CC3)c([2H])c2)C=C([2H])C1[NH+](C)C.[2H]Cl. The molecule has 7 aliphatic rings. The Hall–Kier alpha value is -10.7. The van der Waals surface area contributed by atoms with Crippen molar-refractivity contribution in [3.8, 4) is 0 Å². The number of ether oxygens (including phenoxy) is 1. The van der Waals surface area contributed by atoms with Crippen LogP contribution in [-0.2, 0) is 33.5 Å². The van der Waals surface area contributed by atoms with Gasteiger partial charge in [0, 0.05) is 187 Å². The van der Waals surface area contributed by atoms with E-state index in [1.807, 2.05) is 28.2 Å². The predicted molar refractivity (Wildman–Crippen MR) is 560 cm³/mol. The molecule has 0 atom stereocenters. The standard InChI is InChI=1S/C37H47N5O4.C34H46N4O2.C33H44N4O2.C6H15N.CH4.ClH/c1-38(2)31-15-9-28(10-16-31)37(29-11-17-32(18-12-29)39(3)4)30-13-19-33(20-14-30)41-26-24-40(25-27-41)23-7-5-6-8-36(45)46-42-34(43)21-22-35(42)44;1-35(2)30-16-10-27(11-17-30)34(28-12-18-31(19-13-28)36(3)4)29-14-20-32(21-15-29)38-25-23-37(24-26-38)22-8-6-7-9-33(39)40-5;1-34(2)29-15-9-26(10-16-29)33(27-11-17-30(18-12-27)35(3)4)28-13-19-31(20-14-28)37-24-22-36(23-25-37)21-7-5-6-8-32(38)39;1-4-7(5-2)6-3;;/h9-20,31H,5-8,21-27H2,1-4H3;10-21,30H,6-9,22-26H2,1-5H3;9-20,29H,5-8,21-25H2,1-4H3,(H,38,39);4-6H2,1-3H3;1H4;1H/p+3/i15D,16D,17D,18D,19D,20D;;15D,16D,17D,18D,19D,20D;;;/hD. The summed E-state index contributed by atoms with van der Waals surface area (Å²) in [7, 11) is 24.8. The molecular formula is C111H160ClN14O8+3. The van der Waals surface area contributed by atoms with Crippen LogP contribution in [0.1, 0.15) is 168 Å². The monoisotopic (exact) mass is 1870 g/mol. The van der Waals surface area contributed by atoms with Gasteiger partial charge < -0.3 is 63.7 Å². The molecule has 4 fully saturated rings. The molecule has 0 spiro atoms. The summed E-state index contributed by atoms with van der Waals surface area (Å²) in [5.74, 6) is -2.41. The number of quaternary nitrogens is 3. The quantitative estimate of drug-likeness (QED) is 0.0165. The topological polar surface area (TPSA) is 173 Å². The molecule has 0 radical (unpaired) electrons. The van der Waals surface area contributed by atoms with E-state index in [-0.39, 0.29) is 112 Å². The second-order valence-electron chi connectivity index (χ2n) is 35.9. The summed E-state index contributed by atoms with van der Waals surface area (Å²) in [4.78, 5) is 87.4. The third kappa shape index (κ3) is 33.1. The van der Waals surface area contributed by atoms with Gasteiger partial charge in [0.1, 0.15) is 19.3 Å². The van der Waals surface area contributed by atoms with E-state index >= 15 is 0 Å². The van der Waals surface area contributed by atoms with Crippen LogP contribution >= 0.6 is 12.3 Å². The third-order valence-corrected chi connectivity index (χ3v) is 25.0. The number of hydrogen-bond acceptors (Lipinski definition) is 17. The van der Waals surface area contributed by atoms with Crippen LogP contribution in [0.25, 0.3) is 16.7 Å². The molecular weight excluding hydrogens is 1690 g/mol. The Morgan fingerprint density at radius 2 is 0.701 bits per heavy atom. The molecule has 134 heavy (non-hydrogen) atoms. The number of likely N-dealkylation sites (N-methyl/N-ethyl adjacent to an activating group) is 3. The second kappa shape index (κ2) is 56.0. The molecule has 4 heterocycles. The number of nitrogens with one attached hydrogen (secondary N) is 3. The normalized spacial score (nSPS) is 18.8. The average molecular weight is 1870 g/mol. The van der Waals surface area contributed by atoms with E-state index in [0.717, 1.165) is 127 Å². The molecule has 13 rings (SSSR count). The maximum Gasteiger partial charge on any atom is 0.333 e. The van der Waals surface area contributed by atoms with Gasteiger partial charge in [0.15, 0.2) is 0 Å². The molecule has 6 aromatic rings. The summed E-state index contributed by atoms with van der Waals surface area (Å²) >= 11 is 3.89. The highest BCUT2D eigenvalue weighted by Crippen LogP contribution is 2.37. The number of imide groups is 1. The fourth-order valence-electron chi connectivity index (χ4n) is 16.7. The lowest BCUT2D eigenvalue weighted by atomic mass is 9.90. The first-order chi connectivity index (χ1) is 69.6. The van der Waals surface area contributed by atoms with Crippen molar-refractivity contribution in [2.45, 2.75) is 136 Å². The average Bonchev–Trinajstić information content (AvgIpc) is 0.786. The lowest BCUT2D eigenvalue weighted by Gasteiger charge is -2.36. The van der Waals surface area contributed by atoms with Crippen molar-refractivity contribution in [1.29, 1.82) is 1.17 Å². The first kappa shape index (κ1) is 89.8. The van der Waals surface area contributed by atoms with Crippen LogP contribution in [-0.4, -0.2) is 288 Å². The number of benzene rings is 6. The van der Waals surface area contributed by atoms with Gasteiger partial charge >= 0.3 is 17.9 Å². The number of allylic oxidation sites excluding steroid dienone is 9. The van der Waals surface area contributed by atoms with Crippen LogP contribution in [0.2, 0.25) is 0 Å². The van der Waals surface area contributed by atoms with Crippen LogP contribution in [0.3, 0.4) is 0 Å².